The van der Waals surface area contributed by atoms with Gasteiger partial charge < -0.3 is 20.4 Å². The van der Waals surface area contributed by atoms with E-state index in [4.69, 9.17) is 4.74 Å². The number of benzene rings is 2. The van der Waals surface area contributed by atoms with Gasteiger partial charge in [-0.1, -0.05) is 46.3 Å². The van der Waals surface area contributed by atoms with Gasteiger partial charge in [-0.25, -0.2) is 0 Å². The zero-order valence-corrected chi connectivity index (χ0v) is 22.7. The third kappa shape index (κ3) is 5.50. The zero-order chi connectivity index (χ0) is 26.6. The molecule has 9 heteroatoms. The molecule has 38 heavy (non-hydrogen) atoms. The largest absolute Gasteiger partial charge is 0.379 e. The average molecular weight is 577 g/mol. The predicted octanol–water partition coefficient (Wildman–Crippen LogP) is 4.26. The van der Waals surface area contributed by atoms with Crippen molar-refractivity contribution in [1.29, 1.82) is 0 Å². The Bertz CT molecular complexity index is 1410. The van der Waals surface area contributed by atoms with E-state index in [1.165, 1.54) is 0 Å². The number of anilines is 1. The number of carbonyl (C=O) groups excluding carboxylic acids is 3. The van der Waals surface area contributed by atoms with Gasteiger partial charge in [0.05, 0.1) is 30.0 Å². The molecule has 0 radical (unpaired) electrons. The first-order chi connectivity index (χ1) is 18.4. The minimum absolute atomic E-state index is 0.217. The van der Waals surface area contributed by atoms with Crippen LogP contribution in [-0.4, -0.2) is 66.9 Å². The number of nitrogens with zero attached hydrogens (tertiary/aromatic N) is 1. The van der Waals surface area contributed by atoms with Crippen LogP contribution in [0.15, 0.2) is 53.0 Å². The number of morpholine rings is 1. The first kappa shape index (κ1) is 26.1. The van der Waals surface area contributed by atoms with Gasteiger partial charge in [0.25, 0.3) is 11.8 Å². The Morgan fingerprint density at radius 3 is 2.66 bits per heavy atom. The number of ketones is 1. The lowest BCUT2D eigenvalue weighted by molar-refractivity contribution is -0.110. The number of fused-ring (bicyclic) bond motifs is 1. The van der Waals surface area contributed by atoms with Crippen molar-refractivity contribution in [2.45, 2.75) is 13.3 Å². The molecule has 2 aliphatic rings. The van der Waals surface area contributed by atoms with E-state index >= 15 is 0 Å². The molecule has 2 aliphatic heterocycles. The molecule has 3 N–H and O–H groups in total. The highest BCUT2D eigenvalue weighted by Gasteiger charge is 2.28. The molecule has 3 aromatic rings. The van der Waals surface area contributed by atoms with Crippen LogP contribution in [0.25, 0.3) is 11.6 Å². The van der Waals surface area contributed by atoms with Gasteiger partial charge in [-0.15, -0.1) is 0 Å². The summed E-state index contributed by atoms with van der Waals surface area (Å²) in [6.07, 6.45) is 2.47. The number of carbonyl (C=O) groups is 3. The Hall–Kier alpha value is -3.53. The maximum Gasteiger partial charge on any atom is 0.268 e. The van der Waals surface area contributed by atoms with E-state index in [-0.39, 0.29) is 17.6 Å². The second kappa shape index (κ2) is 11.5. The Kier molecular flexibility index (Phi) is 7.87. The van der Waals surface area contributed by atoms with Crippen molar-refractivity contribution in [3.8, 4) is 0 Å². The van der Waals surface area contributed by atoms with Crippen molar-refractivity contribution in [2.24, 2.45) is 0 Å². The third-order valence-corrected chi connectivity index (χ3v) is 7.36. The second-order valence-corrected chi connectivity index (χ2v) is 10.3. The smallest absolute Gasteiger partial charge is 0.268 e. The van der Waals surface area contributed by atoms with E-state index < -0.39 is 0 Å². The molecule has 8 nitrogen and oxygen atoms in total. The third-order valence-electron chi connectivity index (χ3n) is 6.86. The van der Waals surface area contributed by atoms with Crippen molar-refractivity contribution >= 4 is 50.9 Å². The van der Waals surface area contributed by atoms with Crippen LogP contribution in [0, 0.1) is 6.92 Å². The molecule has 0 unspecified atom stereocenters. The van der Waals surface area contributed by atoms with Gasteiger partial charge in [-0.2, -0.15) is 0 Å². The number of hydrogen-bond donors (Lipinski definition) is 3. The van der Waals surface area contributed by atoms with Gasteiger partial charge in [-0.05, 0) is 49.7 Å². The summed E-state index contributed by atoms with van der Waals surface area (Å²) >= 11 is 3.47. The summed E-state index contributed by atoms with van der Waals surface area (Å²) in [6, 6.07) is 14.5. The maximum atomic E-state index is 13.6. The summed E-state index contributed by atoms with van der Waals surface area (Å²) in [6.45, 7) is 6.44. The molecule has 0 saturated carbocycles. The van der Waals surface area contributed by atoms with Crippen molar-refractivity contribution in [2.75, 3.05) is 44.7 Å². The van der Waals surface area contributed by atoms with Crippen LogP contribution in [0.3, 0.4) is 0 Å². The fourth-order valence-corrected chi connectivity index (χ4v) is 5.21. The average Bonchev–Trinajstić information content (AvgIpc) is 3.42. The molecule has 1 fully saturated rings. The molecule has 1 aromatic heterocycles. The lowest BCUT2D eigenvalue weighted by Crippen LogP contribution is -2.38. The number of amides is 2. The van der Waals surface area contributed by atoms with Crippen LogP contribution >= 0.6 is 15.9 Å². The monoisotopic (exact) mass is 576 g/mol. The van der Waals surface area contributed by atoms with Crippen molar-refractivity contribution in [1.82, 2.24) is 15.2 Å². The number of H-pyrrole nitrogens is 1. The van der Waals surface area contributed by atoms with Gasteiger partial charge in [-0.3, -0.25) is 19.3 Å². The number of ether oxygens (including phenoxy) is 1. The van der Waals surface area contributed by atoms with Crippen LogP contribution in [0.4, 0.5) is 5.69 Å². The van der Waals surface area contributed by atoms with Crippen molar-refractivity contribution in [3.05, 3.63) is 86.6 Å². The summed E-state index contributed by atoms with van der Waals surface area (Å²) < 4.78 is 6.22. The summed E-state index contributed by atoms with van der Waals surface area (Å²) in [5.41, 5.74) is 4.00. The number of aromatic amines is 1. The highest BCUT2D eigenvalue weighted by atomic mass is 79.9. The summed E-state index contributed by atoms with van der Waals surface area (Å²) in [7, 11) is 0. The lowest BCUT2D eigenvalue weighted by atomic mass is 9.97. The van der Waals surface area contributed by atoms with Gasteiger partial charge in [0, 0.05) is 40.9 Å². The molecule has 2 aromatic carbocycles. The fourth-order valence-electron chi connectivity index (χ4n) is 4.85. The summed E-state index contributed by atoms with van der Waals surface area (Å²) in [5.74, 6) is -0.765. The standard InChI is InChI=1S/C29H29BrN4O4/c1-18-25(27(35)19-6-3-2-4-7-19)24(17-22-21-16-20(30)8-9-23(21)33-28(22)36)32-26(18)29(37)31-10-5-11-34-12-14-38-15-13-34/h2-4,6-9,16-17,32H,5,10-15H2,1H3,(H,31,37)(H,33,36)/b22-17-. The van der Waals surface area contributed by atoms with Gasteiger partial charge in [0.1, 0.15) is 5.69 Å². The normalized spacial score (nSPS) is 16.4. The topological polar surface area (TPSA) is 104 Å². The van der Waals surface area contributed by atoms with Crippen molar-refractivity contribution < 1.29 is 19.1 Å². The van der Waals surface area contributed by atoms with Gasteiger partial charge in [0.15, 0.2) is 5.78 Å². The summed E-state index contributed by atoms with van der Waals surface area (Å²) in [5, 5.41) is 5.84. The predicted molar refractivity (Wildman–Crippen MR) is 150 cm³/mol. The van der Waals surface area contributed by atoms with Gasteiger partial charge >= 0.3 is 0 Å². The maximum absolute atomic E-state index is 13.6. The molecule has 0 aliphatic carbocycles. The molecular formula is C29H29BrN4O4. The quantitative estimate of drug-likeness (QED) is 0.211. The SMILES string of the molecule is Cc1c(C(=O)NCCCN2CCOCC2)[nH]c(/C=C2\C(=O)Nc3ccc(Br)cc32)c1C(=O)c1ccccc1. The molecule has 5 rings (SSSR count). The molecule has 0 bridgehead atoms. The van der Waals surface area contributed by atoms with Gasteiger partial charge in [0.2, 0.25) is 0 Å². The number of hydrogen-bond acceptors (Lipinski definition) is 5. The van der Waals surface area contributed by atoms with Crippen LogP contribution in [-0.2, 0) is 9.53 Å². The number of aromatic nitrogens is 1. The molecule has 196 valence electrons. The molecule has 0 atom stereocenters. The molecule has 0 spiro atoms. The first-order valence-corrected chi connectivity index (χ1v) is 13.5. The zero-order valence-electron chi connectivity index (χ0n) is 21.1. The highest BCUT2D eigenvalue weighted by molar-refractivity contribution is 9.10. The van der Waals surface area contributed by atoms with E-state index in [9.17, 15) is 14.4 Å². The summed E-state index contributed by atoms with van der Waals surface area (Å²) in [4.78, 5) is 45.1. The Balaban J connectivity index is 1.44. The van der Waals surface area contributed by atoms with E-state index in [1.807, 2.05) is 24.3 Å². The minimum Gasteiger partial charge on any atom is -0.379 e. The van der Waals surface area contributed by atoms with Crippen LogP contribution in [0.5, 0.6) is 0 Å². The first-order valence-electron chi connectivity index (χ1n) is 12.7. The fraction of sp³-hybridized carbons (Fsp3) is 0.276. The Morgan fingerprint density at radius 2 is 1.89 bits per heavy atom. The lowest BCUT2D eigenvalue weighted by Gasteiger charge is -2.26. The van der Waals surface area contributed by atoms with E-state index in [0.29, 0.717) is 45.9 Å². The number of rotatable bonds is 8. The Labute approximate surface area is 229 Å². The molecule has 2 amide bonds. The van der Waals surface area contributed by atoms with E-state index in [0.717, 1.165) is 49.3 Å². The molecule has 3 heterocycles. The number of halogens is 1. The number of nitrogens with one attached hydrogen (secondary N) is 3. The minimum atomic E-state index is -0.282. The molecule has 1 saturated heterocycles. The van der Waals surface area contributed by atoms with Crippen molar-refractivity contribution in [3.63, 3.8) is 0 Å². The molecular weight excluding hydrogens is 548 g/mol. The Morgan fingerprint density at radius 1 is 1.13 bits per heavy atom. The van der Waals surface area contributed by atoms with E-state index in [2.05, 4.69) is 36.4 Å². The van der Waals surface area contributed by atoms with Crippen LogP contribution in [0.1, 0.15) is 49.7 Å². The van der Waals surface area contributed by atoms with Crippen LogP contribution in [0.2, 0.25) is 0 Å². The second-order valence-electron chi connectivity index (χ2n) is 9.37. The van der Waals surface area contributed by atoms with Crippen LogP contribution < -0.4 is 10.6 Å². The highest BCUT2D eigenvalue weighted by Crippen LogP contribution is 2.36. The van der Waals surface area contributed by atoms with E-state index in [1.54, 1.807) is 37.3 Å².